The SMILES string of the molecule is O=C([O-])CCNS(=O)(=O)c1c(Cl)cccc1Cl. The van der Waals surface area contributed by atoms with Gasteiger partial charge in [0.05, 0.1) is 10.0 Å². The molecule has 0 heterocycles. The monoisotopic (exact) mass is 296 g/mol. The van der Waals surface area contributed by atoms with Gasteiger partial charge in [-0.1, -0.05) is 29.3 Å². The maximum atomic E-state index is 11.8. The van der Waals surface area contributed by atoms with E-state index >= 15 is 0 Å². The molecule has 0 atom stereocenters. The minimum atomic E-state index is -3.92. The molecule has 17 heavy (non-hydrogen) atoms. The van der Waals surface area contributed by atoms with E-state index < -0.39 is 22.4 Å². The molecule has 94 valence electrons. The second-order valence-electron chi connectivity index (χ2n) is 3.07. The van der Waals surface area contributed by atoms with E-state index in [1.165, 1.54) is 18.2 Å². The van der Waals surface area contributed by atoms with Crippen molar-refractivity contribution < 1.29 is 18.3 Å². The lowest BCUT2D eigenvalue weighted by atomic mass is 10.4. The lowest BCUT2D eigenvalue weighted by Gasteiger charge is -2.09. The maximum Gasteiger partial charge on any atom is 0.243 e. The highest BCUT2D eigenvalue weighted by Crippen LogP contribution is 2.28. The van der Waals surface area contributed by atoms with Gasteiger partial charge in [0.2, 0.25) is 10.0 Å². The molecule has 0 amide bonds. The van der Waals surface area contributed by atoms with E-state index in [2.05, 4.69) is 4.72 Å². The molecule has 1 aromatic carbocycles. The molecular formula is C9H8Cl2NO4S-. The molecule has 0 saturated heterocycles. The summed E-state index contributed by atoms with van der Waals surface area (Å²) in [5, 5.41) is 10.1. The summed E-state index contributed by atoms with van der Waals surface area (Å²) >= 11 is 11.4. The van der Waals surface area contributed by atoms with E-state index in [4.69, 9.17) is 23.2 Å². The normalized spacial score (nSPS) is 11.4. The molecule has 0 aromatic heterocycles. The van der Waals surface area contributed by atoms with E-state index in [1.807, 2.05) is 0 Å². The van der Waals surface area contributed by atoms with Gasteiger partial charge >= 0.3 is 0 Å². The molecule has 8 heteroatoms. The lowest BCUT2D eigenvalue weighted by molar-refractivity contribution is -0.305. The zero-order valence-electron chi connectivity index (χ0n) is 8.44. The number of carboxylic acid groups (broad SMARTS) is 1. The van der Waals surface area contributed by atoms with Gasteiger partial charge in [0.1, 0.15) is 4.90 Å². The Morgan fingerprint density at radius 1 is 1.29 bits per heavy atom. The first-order valence-electron chi connectivity index (χ1n) is 4.48. The highest BCUT2D eigenvalue weighted by Gasteiger charge is 2.20. The molecule has 0 spiro atoms. The van der Waals surface area contributed by atoms with Crippen molar-refractivity contribution in [2.75, 3.05) is 6.54 Å². The number of sulfonamides is 1. The second kappa shape index (κ2) is 5.68. The van der Waals surface area contributed by atoms with Gasteiger partial charge in [-0.15, -0.1) is 0 Å². The number of hydrogen-bond donors (Lipinski definition) is 1. The first kappa shape index (κ1) is 14.2. The van der Waals surface area contributed by atoms with Crippen LogP contribution in [-0.2, 0) is 14.8 Å². The summed E-state index contributed by atoms with van der Waals surface area (Å²) in [5.74, 6) is -1.35. The van der Waals surface area contributed by atoms with Crippen LogP contribution in [0, 0.1) is 0 Å². The molecule has 0 saturated carbocycles. The van der Waals surface area contributed by atoms with Crippen LogP contribution >= 0.6 is 23.2 Å². The molecule has 0 radical (unpaired) electrons. The van der Waals surface area contributed by atoms with Gasteiger partial charge in [-0.25, -0.2) is 13.1 Å². The Hall–Kier alpha value is -0.820. The van der Waals surface area contributed by atoms with Gasteiger partial charge in [-0.05, 0) is 12.1 Å². The molecule has 1 N–H and O–H groups in total. The van der Waals surface area contributed by atoms with Crippen molar-refractivity contribution in [2.45, 2.75) is 11.3 Å². The minimum absolute atomic E-state index is 0.0292. The highest BCUT2D eigenvalue weighted by atomic mass is 35.5. The van der Waals surface area contributed by atoms with E-state index in [-0.39, 0.29) is 21.5 Å². The van der Waals surface area contributed by atoms with E-state index in [0.717, 1.165) is 0 Å². The van der Waals surface area contributed by atoms with Crippen molar-refractivity contribution in [3.63, 3.8) is 0 Å². The third-order valence-corrected chi connectivity index (χ3v) is 4.22. The number of rotatable bonds is 5. The largest absolute Gasteiger partial charge is 0.550 e. The fourth-order valence-electron chi connectivity index (χ4n) is 1.10. The average Bonchev–Trinajstić information content (AvgIpc) is 2.15. The molecule has 0 aliphatic heterocycles. The Balaban J connectivity index is 2.94. The topological polar surface area (TPSA) is 86.3 Å². The smallest absolute Gasteiger partial charge is 0.243 e. The number of carboxylic acids is 1. The van der Waals surface area contributed by atoms with Crippen LogP contribution in [0.2, 0.25) is 10.0 Å². The number of carbonyl (C=O) groups is 1. The zero-order chi connectivity index (χ0) is 13.1. The average molecular weight is 297 g/mol. The van der Waals surface area contributed by atoms with Gasteiger partial charge in [0, 0.05) is 18.9 Å². The second-order valence-corrected chi connectivity index (χ2v) is 5.59. The third-order valence-electron chi connectivity index (χ3n) is 1.81. The molecule has 0 bridgehead atoms. The van der Waals surface area contributed by atoms with Gasteiger partial charge in [-0.3, -0.25) is 0 Å². The molecule has 5 nitrogen and oxygen atoms in total. The van der Waals surface area contributed by atoms with E-state index in [1.54, 1.807) is 0 Å². The predicted octanol–water partition coefficient (Wildman–Crippen LogP) is 0.412. The summed E-state index contributed by atoms with van der Waals surface area (Å²) in [6.45, 7) is -0.285. The number of aliphatic carboxylic acids is 1. The first-order chi connectivity index (χ1) is 7.84. The number of carbonyl (C=O) groups excluding carboxylic acids is 1. The molecule has 0 aliphatic rings. The van der Waals surface area contributed by atoms with Crippen LogP contribution in [0.1, 0.15) is 6.42 Å². The maximum absolute atomic E-state index is 11.8. The van der Waals surface area contributed by atoms with Crippen LogP contribution in [0.3, 0.4) is 0 Å². The Bertz CT molecular complexity index is 510. The Morgan fingerprint density at radius 2 is 1.82 bits per heavy atom. The van der Waals surface area contributed by atoms with Crippen molar-refractivity contribution in [3.05, 3.63) is 28.2 Å². The van der Waals surface area contributed by atoms with Gasteiger partial charge in [0.25, 0.3) is 0 Å². The van der Waals surface area contributed by atoms with Crippen molar-refractivity contribution >= 4 is 39.2 Å². The summed E-state index contributed by atoms with van der Waals surface area (Å²) in [5.41, 5.74) is 0. The molecule has 0 aliphatic carbocycles. The quantitative estimate of drug-likeness (QED) is 0.853. The fraction of sp³-hybridized carbons (Fsp3) is 0.222. The minimum Gasteiger partial charge on any atom is -0.550 e. The van der Waals surface area contributed by atoms with Crippen LogP contribution in [0.5, 0.6) is 0 Å². The third kappa shape index (κ3) is 3.85. The molecule has 0 unspecified atom stereocenters. The van der Waals surface area contributed by atoms with E-state index in [0.29, 0.717) is 0 Å². The van der Waals surface area contributed by atoms with Crippen LogP contribution in [-0.4, -0.2) is 20.9 Å². The highest BCUT2D eigenvalue weighted by molar-refractivity contribution is 7.89. The number of hydrogen-bond acceptors (Lipinski definition) is 4. The number of nitrogens with one attached hydrogen (secondary N) is 1. The van der Waals surface area contributed by atoms with Crippen molar-refractivity contribution in [3.8, 4) is 0 Å². The fourth-order valence-corrected chi connectivity index (χ4v) is 3.27. The van der Waals surface area contributed by atoms with E-state index in [9.17, 15) is 18.3 Å². The summed E-state index contributed by atoms with van der Waals surface area (Å²) in [4.78, 5) is 9.90. The van der Waals surface area contributed by atoms with Gasteiger partial charge < -0.3 is 9.90 Å². The predicted molar refractivity (Wildman–Crippen MR) is 61.3 cm³/mol. The van der Waals surface area contributed by atoms with Crippen molar-refractivity contribution in [2.24, 2.45) is 0 Å². The van der Waals surface area contributed by atoms with Gasteiger partial charge in [0.15, 0.2) is 0 Å². The van der Waals surface area contributed by atoms with Crippen LogP contribution in [0.15, 0.2) is 23.1 Å². The van der Waals surface area contributed by atoms with Crippen molar-refractivity contribution in [1.82, 2.24) is 4.72 Å². The molecule has 1 aromatic rings. The first-order valence-corrected chi connectivity index (χ1v) is 6.72. The van der Waals surface area contributed by atoms with Gasteiger partial charge in [-0.2, -0.15) is 0 Å². The molecule has 0 fully saturated rings. The lowest BCUT2D eigenvalue weighted by Crippen LogP contribution is -2.31. The summed E-state index contributed by atoms with van der Waals surface area (Å²) in [6.07, 6.45) is -0.429. The summed E-state index contributed by atoms with van der Waals surface area (Å²) in [7, 11) is -3.92. The summed E-state index contributed by atoms with van der Waals surface area (Å²) < 4.78 is 25.6. The van der Waals surface area contributed by atoms with Crippen molar-refractivity contribution in [1.29, 1.82) is 0 Å². The summed E-state index contributed by atoms with van der Waals surface area (Å²) in [6, 6.07) is 4.26. The van der Waals surface area contributed by atoms with Crippen LogP contribution < -0.4 is 9.83 Å². The standard InChI is InChI=1S/C9H9Cl2NO4S/c10-6-2-1-3-7(11)9(6)17(15,16)12-5-4-8(13)14/h1-3,12H,4-5H2,(H,13,14)/p-1. The van der Waals surface area contributed by atoms with Crippen LogP contribution in [0.25, 0.3) is 0 Å². The molecular weight excluding hydrogens is 289 g/mol. The number of benzene rings is 1. The Kier molecular flexibility index (Phi) is 4.76. The zero-order valence-corrected chi connectivity index (χ0v) is 10.8. The molecule has 1 rings (SSSR count). The Labute approximate surface area is 108 Å². The Morgan fingerprint density at radius 3 is 2.29 bits per heavy atom. The number of halogens is 2. The van der Waals surface area contributed by atoms with Crippen LogP contribution in [0.4, 0.5) is 0 Å².